The van der Waals surface area contributed by atoms with Crippen molar-refractivity contribution in [3.63, 3.8) is 0 Å². The molecule has 5 nitrogen and oxygen atoms in total. The van der Waals surface area contributed by atoms with Crippen LogP contribution in [0.2, 0.25) is 0 Å². The molecule has 0 saturated carbocycles. The average Bonchev–Trinajstić information content (AvgIpc) is 2.52. The van der Waals surface area contributed by atoms with Crippen LogP contribution in [-0.4, -0.2) is 31.2 Å². The van der Waals surface area contributed by atoms with Gasteiger partial charge in [0.25, 0.3) is 10.1 Å². The van der Waals surface area contributed by atoms with Gasteiger partial charge in [0.1, 0.15) is 0 Å². The highest BCUT2D eigenvalue weighted by molar-refractivity contribution is 7.86. The molecule has 0 unspecified atom stereocenters. The number of aliphatic hydroxyl groups is 1. The van der Waals surface area contributed by atoms with Crippen LogP contribution in [0, 0.1) is 6.92 Å². The van der Waals surface area contributed by atoms with Crippen LogP contribution >= 0.6 is 0 Å². The maximum Gasteiger partial charge on any atom is 0.297 e. The summed E-state index contributed by atoms with van der Waals surface area (Å²) in [5, 5.41) is 9.85. The molecule has 1 atom stereocenters. The van der Waals surface area contributed by atoms with Gasteiger partial charge in [-0.3, -0.25) is 9.17 Å². The van der Waals surface area contributed by atoms with E-state index in [1.54, 1.807) is 24.5 Å². The van der Waals surface area contributed by atoms with Crippen molar-refractivity contribution in [3.8, 4) is 0 Å². The quantitative estimate of drug-likeness (QED) is 0.790. The van der Waals surface area contributed by atoms with E-state index >= 15 is 0 Å². The second kappa shape index (κ2) is 7.49. The summed E-state index contributed by atoms with van der Waals surface area (Å²) in [5.74, 6) is 0. The Balaban J connectivity index is 1.85. The summed E-state index contributed by atoms with van der Waals surface area (Å²) in [6.07, 6.45) is 3.58. The van der Waals surface area contributed by atoms with Crippen molar-refractivity contribution in [2.45, 2.75) is 30.8 Å². The Labute approximate surface area is 130 Å². The minimum Gasteiger partial charge on any atom is -0.391 e. The van der Waals surface area contributed by atoms with Crippen LogP contribution < -0.4 is 0 Å². The lowest BCUT2D eigenvalue weighted by Crippen LogP contribution is -2.19. The number of aliphatic hydroxyl groups excluding tert-OH is 1. The van der Waals surface area contributed by atoms with Gasteiger partial charge < -0.3 is 5.11 Å². The number of nitrogens with zero attached hydrogens (tertiary/aromatic N) is 1. The van der Waals surface area contributed by atoms with Crippen LogP contribution in [-0.2, 0) is 20.7 Å². The van der Waals surface area contributed by atoms with Crippen molar-refractivity contribution in [1.82, 2.24) is 4.98 Å². The molecule has 0 aliphatic rings. The monoisotopic (exact) mass is 321 g/mol. The fourth-order valence-electron chi connectivity index (χ4n) is 1.90. The summed E-state index contributed by atoms with van der Waals surface area (Å²) < 4.78 is 28.9. The molecular weight excluding hydrogens is 302 g/mol. The molecule has 6 heteroatoms. The van der Waals surface area contributed by atoms with Gasteiger partial charge >= 0.3 is 0 Å². The fraction of sp³-hybridized carbons (Fsp3) is 0.312. The van der Waals surface area contributed by atoms with E-state index in [0.717, 1.165) is 11.1 Å². The number of aryl methyl sites for hydroxylation is 2. The highest BCUT2D eigenvalue weighted by atomic mass is 32.2. The predicted octanol–water partition coefficient (Wildman–Crippen LogP) is 2.09. The first kappa shape index (κ1) is 16.6. The minimum absolute atomic E-state index is 0.0950. The van der Waals surface area contributed by atoms with Gasteiger partial charge in [0.2, 0.25) is 0 Å². The van der Waals surface area contributed by atoms with Crippen molar-refractivity contribution >= 4 is 10.1 Å². The third-order valence-corrected chi connectivity index (χ3v) is 4.51. The third kappa shape index (κ3) is 4.91. The van der Waals surface area contributed by atoms with Crippen LogP contribution in [0.25, 0.3) is 0 Å². The normalized spacial score (nSPS) is 13.0. The number of hydrogen-bond donors (Lipinski definition) is 1. The summed E-state index contributed by atoms with van der Waals surface area (Å²) in [7, 11) is -3.83. The third-order valence-electron chi connectivity index (χ3n) is 3.21. The molecule has 0 bridgehead atoms. The van der Waals surface area contributed by atoms with Crippen molar-refractivity contribution in [2.75, 3.05) is 6.61 Å². The molecule has 1 aromatic heterocycles. The van der Waals surface area contributed by atoms with Crippen LogP contribution in [0.1, 0.15) is 17.5 Å². The van der Waals surface area contributed by atoms with Crippen LogP contribution in [0.4, 0.5) is 0 Å². The fourth-order valence-corrected chi connectivity index (χ4v) is 2.85. The molecule has 1 heterocycles. The first-order valence-corrected chi connectivity index (χ1v) is 8.41. The zero-order valence-corrected chi connectivity index (χ0v) is 13.2. The molecule has 0 radical (unpaired) electrons. The molecule has 1 N–H and O–H groups in total. The van der Waals surface area contributed by atoms with Crippen molar-refractivity contribution in [1.29, 1.82) is 0 Å². The molecule has 2 rings (SSSR count). The number of benzene rings is 1. The van der Waals surface area contributed by atoms with Gasteiger partial charge in [0.05, 0.1) is 17.6 Å². The van der Waals surface area contributed by atoms with Gasteiger partial charge in [0.15, 0.2) is 0 Å². The van der Waals surface area contributed by atoms with Gasteiger partial charge in [0, 0.05) is 12.4 Å². The largest absolute Gasteiger partial charge is 0.391 e. The molecule has 0 amide bonds. The Morgan fingerprint density at radius 3 is 2.59 bits per heavy atom. The highest BCUT2D eigenvalue weighted by Gasteiger charge is 2.17. The smallest absolute Gasteiger partial charge is 0.297 e. The number of rotatable bonds is 7. The summed E-state index contributed by atoms with van der Waals surface area (Å²) in [5.41, 5.74) is 1.96. The second-order valence-electron chi connectivity index (χ2n) is 5.11. The summed E-state index contributed by atoms with van der Waals surface area (Å²) in [4.78, 5) is 4.08. The van der Waals surface area contributed by atoms with Gasteiger partial charge in [-0.25, -0.2) is 0 Å². The van der Waals surface area contributed by atoms with E-state index in [1.165, 1.54) is 12.1 Å². The van der Waals surface area contributed by atoms with Crippen LogP contribution in [0.3, 0.4) is 0 Å². The van der Waals surface area contributed by atoms with Gasteiger partial charge in [-0.2, -0.15) is 8.42 Å². The van der Waals surface area contributed by atoms with Crippen molar-refractivity contribution < 1.29 is 17.7 Å². The van der Waals surface area contributed by atoms with Crippen molar-refractivity contribution in [2.24, 2.45) is 0 Å². The van der Waals surface area contributed by atoms with Gasteiger partial charge in [-0.05, 0) is 43.5 Å². The molecule has 0 fully saturated rings. The van der Waals surface area contributed by atoms with Crippen LogP contribution in [0.15, 0.2) is 53.7 Å². The predicted molar refractivity (Wildman–Crippen MR) is 82.9 cm³/mol. The molecule has 0 spiro atoms. The van der Waals surface area contributed by atoms with Crippen LogP contribution in [0.5, 0.6) is 0 Å². The van der Waals surface area contributed by atoms with E-state index in [-0.39, 0.29) is 11.5 Å². The van der Waals surface area contributed by atoms with Crippen molar-refractivity contribution in [3.05, 3.63) is 59.9 Å². The van der Waals surface area contributed by atoms with E-state index < -0.39 is 16.2 Å². The molecule has 118 valence electrons. The summed E-state index contributed by atoms with van der Waals surface area (Å²) in [6.45, 7) is 1.62. The summed E-state index contributed by atoms with van der Waals surface area (Å²) >= 11 is 0. The molecule has 0 aliphatic heterocycles. The lowest BCUT2D eigenvalue weighted by Gasteiger charge is -2.11. The number of aromatic nitrogens is 1. The first-order chi connectivity index (χ1) is 10.5. The van der Waals surface area contributed by atoms with E-state index in [9.17, 15) is 13.5 Å². The zero-order chi connectivity index (χ0) is 16.0. The second-order valence-corrected chi connectivity index (χ2v) is 6.72. The topological polar surface area (TPSA) is 76.5 Å². The Morgan fingerprint density at radius 1 is 1.23 bits per heavy atom. The maximum atomic E-state index is 12.0. The van der Waals surface area contributed by atoms with Gasteiger partial charge in [-0.1, -0.05) is 23.8 Å². The summed E-state index contributed by atoms with van der Waals surface area (Å²) in [6, 6.07) is 10.1. The molecule has 2 aromatic rings. The molecule has 0 saturated heterocycles. The Bertz CT molecular complexity index is 684. The first-order valence-electron chi connectivity index (χ1n) is 7.00. The molecular formula is C16H19NO4S. The zero-order valence-electron chi connectivity index (χ0n) is 12.3. The van der Waals surface area contributed by atoms with Gasteiger partial charge in [-0.15, -0.1) is 0 Å². The standard InChI is InChI=1S/C16H19NO4S/c1-13-4-8-16(9-5-13)22(19,20)21-12-15(18)7-6-14-3-2-10-17-11-14/h2-5,8-11,15,18H,6-7,12H2,1H3/t15-/m1/s1. The SMILES string of the molecule is Cc1ccc(S(=O)(=O)OC[C@H](O)CCc2cccnc2)cc1. The lowest BCUT2D eigenvalue weighted by molar-refractivity contribution is 0.103. The minimum atomic E-state index is -3.83. The number of pyridine rings is 1. The lowest BCUT2D eigenvalue weighted by atomic mass is 10.1. The molecule has 22 heavy (non-hydrogen) atoms. The van der Waals surface area contributed by atoms with E-state index in [1.807, 2.05) is 19.1 Å². The maximum absolute atomic E-state index is 12.0. The Morgan fingerprint density at radius 2 is 1.95 bits per heavy atom. The van der Waals surface area contributed by atoms with E-state index in [4.69, 9.17) is 4.18 Å². The Hall–Kier alpha value is -1.76. The number of hydrogen-bond acceptors (Lipinski definition) is 5. The average molecular weight is 321 g/mol. The Kier molecular flexibility index (Phi) is 5.65. The van der Waals surface area contributed by atoms with E-state index in [0.29, 0.717) is 12.8 Å². The highest BCUT2D eigenvalue weighted by Crippen LogP contribution is 2.14. The molecule has 0 aliphatic carbocycles. The molecule has 1 aromatic carbocycles. The van der Waals surface area contributed by atoms with E-state index in [2.05, 4.69) is 4.98 Å².